The highest BCUT2D eigenvalue weighted by molar-refractivity contribution is 6.07. The van der Waals surface area contributed by atoms with Crippen LogP contribution in [0, 0.1) is 6.92 Å². The average molecular weight is 174 g/mol. The van der Waals surface area contributed by atoms with Crippen molar-refractivity contribution >= 4 is 16.7 Å². The zero-order valence-corrected chi connectivity index (χ0v) is 7.59. The fourth-order valence-electron chi connectivity index (χ4n) is 1.53. The van der Waals surface area contributed by atoms with E-state index >= 15 is 0 Å². The van der Waals surface area contributed by atoms with Crippen LogP contribution in [0.15, 0.2) is 18.6 Å². The molecule has 0 unspecified atom stereocenters. The lowest BCUT2D eigenvalue weighted by molar-refractivity contribution is 0.101. The first kappa shape index (κ1) is 7.98. The molecule has 0 aliphatic heterocycles. The molecule has 0 aliphatic rings. The number of pyridine rings is 1. The molecule has 0 atom stereocenters. The number of Topliss-reactive ketones (excluding diaryl/α,β-unsaturated/α-hetero) is 1. The van der Waals surface area contributed by atoms with Gasteiger partial charge in [-0.25, -0.2) is 0 Å². The van der Waals surface area contributed by atoms with Gasteiger partial charge in [0, 0.05) is 23.3 Å². The highest BCUT2D eigenvalue weighted by Gasteiger charge is 2.09. The van der Waals surface area contributed by atoms with Crippen molar-refractivity contribution < 1.29 is 4.79 Å². The predicted octanol–water partition coefficient (Wildman–Crippen LogP) is 2.07. The van der Waals surface area contributed by atoms with Crippen LogP contribution in [-0.2, 0) is 0 Å². The molecular formula is C10H10N2O. The second kappa shape index (κ2) is 2.69. The maximum atomic E-state index is 11.2. The summed E-state index contributed by atoms with van der Waals surface area (Å²) in [5, 5.41) is 0.988. The molecular weight excluding hydrogens is 164 g/mol. The number of aromatic amines is 1. The van der Waals surface area contributed by atoms with Crippen molar-refractivity contribution in [3.8, 4) is 0 Å². The number of aromatic nitrogens is 2. The molecule has 66 valence electrons. The molecule has 0 aliphatic carbocycles. The molecule has 0 spiro atoms. The third-order valence-electron chi connectivity index (χ3n) is 2.16. The molecule has 2 aromatic heterocycles. The molecule has 0 bridgehead atoms. The number of fused-ring (bicyclic) bond motifs is 1. The van der Waals surface area contributed by atoms with Crippen LogP contribution in [0.4, 0.5) is 0 Å². The summed E-state index contributed by atoms with van der Waals surface area (Å²) in [5.41, 5.74) is 2.70. The summed E-state index contributed by atoms with van der Waals surface area (Å²) < 4.78 is 0. The minimum Gasteiger partial charge on any atom is -0.359 e. The van der Waals surface area contributed by atoms with E-state index in [1.165, 1.54) is 0 Å². The molecule has 2 rings (SSSR count). The van der Waals surface area contributed by atoms with Crippen LogP contribution in [-0.4, -0.2) is 15.8 Å². The summed E-state index contributed by atoms with van der Waals surface area (Å²) in [6, 6.07) is 0. The number of nitrogens with zero attached hydrogens (tertiary/aromatic N) is 1. The molecule has 3 heteroatoms. The van der Waals surface area contributed by atoms with E-state index in [4.69, 9.17) is 0 Å². The number of ketones is 1. The second-order valence-electron chi connectivity index (χ2n) is 3.14. The van der Waals surface area contributed by atoms with Crippen LogP contribution >= 0.6 is 0 Å². The normalized spacial score (nSPS) is 10.6. The van der Waals surface area contributed by atoms with Gasteiger partial charge in [0.15, 0.2) is 5.78 Å². The first-order valence-corrected chi connectivity index (χ1v) is 4.13. The first-order chi connectivity index (χ1) is 6.20. The van der Waals surface area contributed by atoms with Crippen LogP contribution in [0.25, 0.3) is 10.9 Å². The topological polar surface area (TPSA) is 45.8 Å². The van der Waals surface area contributed by atoms with Gasteiger partial charge < -0.3 is 4.98 Å². The fourth-order valence-corrected chi connectivity index (χ4v) is 1.53. The smallest absolute Gasteiger partial charge is 0.161 e. The molecule has 0 aromatic carbocycles. The Bertz CT molecular complexity index is 471. The van der Waals surface area contributed by atoms with Gasteiger partial charge in [0.2, 0.25) is 0 Å². The molecule has 0 saturated heterocycles. The van der Waals surface area contributed by atoms with Crippen LogP contribution in [0.5, 0.6) is 0 Å². The van der Waals surface area contributed by atoms with Crippen LogP contribution in [0.2, 0.25) is 0 Å². The van der Waals surface area contributed by atoms with Gasteiger partial charge in [-0.2, -0.15) is 0 Å². The van der Waals surface area contributed by atoms with Crippen molar-refractivity contribution in [2.24, 2.45) is 0 Å². The van der Waals surface area contributed by atoms with Gasteiger partial charge in [0.1, 0.15) is 0 Å². The highest BCUT2D eigenvalue weighted by Crippen LogP contribution is 2.20. The number of aryl methyl sites for hydroxylation is 1. The van der Waals surface area contributed by atoms with E-state index in [9.17, 15) is 4.79 Å². The maximum Gasteiger partial charge on any atom is 0.161 e. The summed E-state index contributed by atoms with van der Waals surface area (Å²) in [6.07, 6.45) is 5.24. The summed E-state index contributed by atoms with van der Waals surface area (Å²) in [4.78, 5) is 18.3. The fraction of sp³-hybridized carbons (Fsp3) is 0.200. The Labute approximate surface area is 75.8 Å². The number of rotatable bonds is 1. The highest BCUT2D eigenvalue weighted by atomic mass is 16.1. The number of carbonyl (C=O) groups is 1. The Morgan fingerprint density at radius 3 is 2.92 bits per heavy atom. The summed E-state index contributed by atoms with van der Waals surface area (Å²) >= 11 is 0. The number of nitrogens with one attached hydrogen (secondary N) is 1. The third-order valence-corrected chi connectivity index (χ3v) is 2.16. The van der Waals surface area contributed by atoms with Gasteiger partial charge in [-0.05, 0) is 19.4 Å². The zero-order chi connectivity index (χ0) is 9.42. The van der Waals surface area contributed by atoms with E-state index < -0.39 is 0 Å². The Kier molecular flexibility index (Phi) is 1.65. The van der Waals surface area contributed by atoms with Gasteiger partial charge in [0.25, 0.3) is 0 Å². The van der Waals surface area contributed by atoms with E-state index in [-0.39, 0.29) is 5.78 Å². The van der Waals surface area contributed by atoms with Gasteiger partial charge in [-0.1, -0.05) is 0 Å². The molecule has 0 saturated carbocycles. The lowest BCUT2D eigenvalue weighted by Crippen LogP contribution is -1.90. The standard InChI is InChI=1S/C10H10N2O/c1-6-3-11-5-9-10(6)8(4-12-9)7(2)13/h3-5,12H,1-2H3. The number of H-pyrrole nitrogens is 1. The van der Waals surface area contributed by atoms with Gasteiger partial charge in [-0.15, -0.1) is 0 Å². The van der Waals surface area contributed by atoms with E-state index in [1.807, 2.05) is 6.92 Å². The average Bonchev–Trinajstić information content (AvgIpc) is 2.49. The van der Waals surface area contributed by atoms with Gasteiger partial charge in [-0.3, -0.25) is 9.78 Å². The lowest BCUT2D eigenvalue weighted by Gasteiger charge is -1.96. The van der Waals surface area contributed by atoms with Crippen molar-refractivity contribution in [1.29, 1.82) is 0 Å². The maximum absolute atomic E-state index is 11.2. The van der Waals surface area contributed by atoms with Crippen LogP contribution in [0.1, 0.15) is 22.8 Å². The van der Waals surface area contributed by atoms with E-state index in [1.54, 1.807) is 25.5 Å². The lowest BCUT2D eigenvalue weighted by atomic mass is 10.1. The Morgan fingerprint density at radius 1 is 1.46 bits per heavy atom. The van der Waals surface area contributed by atoms with Crippen molar-refractivity contribution in [3.05, 3.63) is 29.7 Å². The molecule has 0 amide bonds. The minimum atomic E-state index is 0.0838. The summed E-state index contributed by atoms with van der Waals surface area (Å²) in [5.74, 6) is 0.0838. The Balaban J connectivity index is 2.86. The van der Waals surface area contributed by atoms with Gasteiger partial charge >= 0.3 is 0 Å². The van der Waals surface area contributed by atoms with Crippen molar-refractivity contribution in [1.82, 2.24) is 9.97 Å². The molecule has 2 aromatic rings. The van der Waals surface area contributed by atoms with Crippen LogP contribution < -0.4 is 0 Å². The molecule has 2 heterocycles. The van der Waals surface area contributed by atoms with Gasteiger partial charge in [0.05, 0.1) is 11.7 Å². The largest absolute Gasteiger partial charge is 0.359 e. The van der Waals surface area contributed by atoms with E-state index in [0.29, 0.717) is 0 Å². The van der Waals surface area contributed by atoms with Crippen molar-refractivity contribution in [3.63, 3.8) is 0 Å². The molecule has 0 fully saturated rings. The van der Waals surface area contributed by atoms with Crippen molar-refractivity contribution in [2.45, 2.75) is 13.8 Å². The monoisotopic (exact) mass is 174 g/mol. The number of hydrogen-bond donors (Lipinski definition) is 1. The minimum absolute atomic E-state index is 0.0838. The molecule has 1 N–H and O–H groups in total. The zero-order valence-electron chi connectivity index (χ0n) is 7.59. The summed E-state index contributed by atoms with van der Waals surface area (Å²) in [6.45, 7) is 3.53. The molecule has 3 nitrogen and oxygen atoms in total. The number of hydrogen-bond acceptors (Lipinski definition) is 2. The Morgan fingerprint density at radius 2 is 2.23 bits per heavy atom. The van der Waals surface area contributed by atoms with Crippen molar-refractivity contribution in [2.75, 3.05) is 0 Å². The quantitative estimate of drug-likeness (QED) is 0.673. The van der Waals surface area contributed by atoms with Crippen LogP contribution in [0.3, 0.4) is 0 Å². The second-order valence-corrected chi connectivity index (χ2v) is 3.14. The third kappa shape index (κ3) is 1.13. The Hall–Kier alpha value is -1.64. The predicted molar refractivity (Wildman–Crippen MR) is 50.8 cm³/mol. The molecule has 13 heavy (non-hydrogen) atoms. The summed E-state index contributed by atoms with van der Waals surface area (Å²) in [7, 11) is 0. The van der Waals surface area contributed by atoms with E-state index in [2.05, 4.69) is 9.97 Å². The first-order valence-electron chi connectivity index (χ1n) is 4.13. The molecule has 0 radical (unpaired) electrons. The SMILES string of the molecule is CC(=O)c1c[nH]c2cncc(C)c12. The number of carbonyl (C=O) groups excluding carboxylic acids is 1. The van der Waals surface area contributed by atoms with E-state index in [0.717, 1.165) is 22.0 Å².